The Kier molecular flexibility index (Phi) is 5.71. The monoisotopic (exact) mass is 235 g/mol. The van der Waals surface area contributed by atoms with Gasteiger partial charge in [-0.1, -0.05) is 37.2 Å². The zero-order valence-corrected chi connectivity index (χ0v) is 11.6. The van der Waals surface area contributed by atoms with Gasteiger partial charge in [-0.25, -0.2) is 0 Å². The van der Waals surface area contributed by atoms with Gasteiger partial charge in [0, 0.05) is 5.70 Å². The van der Waals surface area contributed by atoms with Crippen LogP contribution in [0.15, 0.2) is 41.2 Å². The van der Waals surface area contributed by atoms with Crippen LogP contribution in [0.25, 0.3) is 0 Å². The van der Waals surface area contributed by atoms with Gasteiger partial charge in [0.05, 0.1) is 15.7 Å². The van der Waals surface area contributed by atoms with Crippen LogP contribution in [0.1, 0.15) is 26.7 Å². The molecule has 0 aliphatic heterocycles. The molecule has 0 saturated carbocycles. The predicted molar refractivity (Wildman–Crippen MR) is 72.3 cm³/mol. The summed E-state index contributed by atoms with van der Waals surface area (Å²) in [5.41, 5.74) is 7.04. The van der Waals surface area contributed by atoms with Crippen molar-refractivity contribution in [2.24, 2.45) is 5.73 Å². The Morgan fingerprint density at radius 1 is 1.19 bits per heavy atom. The minimum atomic E-state index is -0.345. The van der Waals surface area contributed by atoms with E-state index in [-0.39, 0.29) is 9.52 Å². The highest BCUT2D eigenvalue weighted by atomic mass is 28.2. The van der Waals surface area contributed by atoms with Crippen LogP contribution in [0.2, 0.25) is 0 Å². The Morgan fingerprint density at radius 3 is 2.44 bits per heavy atom. The second-order valence-electron chi connectivity index (χ2n) is 3.75. The van der Waals surface area contributed by atoms with E-state index in [4.69, 9.17) is 10.5 Å². The maximum absolute atomic E-state index is 5.97. The highest BCUT2D eigenvalue weighted by Gasteiger charge is 2.01. The lowest BCUT2D eigenvalue weighted by atomic mass is 10.3. The van der Waals surface area contributed by atoms with Crippen LogP contribution in [0.3, 0.4) is 0 Å². The molecule has 0 heterocycles. The molecule has 0 saturated heterocycles. The number of hydrogen-bond donors (Lipinski definition) is 1. The average Bonchev–Trinajstić information content (AvgIpc) is 2.35. The first-order valence-electron chi connectivity index (χ1n) is 5.92. The zero-order valence-electron chi connectivity index (χ0n) is 10.2. The fraction of sp³-hybridized carbons (Fsp3) is 0.385. The quantitative estimate of drug-likeness (QED) is 0.767. The van der Waals surface area contributed by atoms with Gasteiger partial charge in [-0.05, 0) is 25.0 Å². The molecule has 0 unspecified atom stereocenters. The van der Waals surface area contributed by atoms with Crippen LogP contribution in [0, 0.1) is 0 Å². The van der Waals surface area contributed by atoms with E-state index in [0.29, 0.717) is 0 Å². The molecule has 0 bridgehead atoms. The lowest BCUT2D eigenvalue weighted by Crippen LogP contribution is -2.14. The van der Waals surface area contributed by atoms with Gasteiger partial charge in [-0.3, -0.25) is 0 Å². The molecule has 0 radical (unpaired) electrons. The third-order valence-electron chi connectivity index (χ3n) is 2.68. The lowest BCUT2D eigenvalue weighted by Gasteiger charge is -2.09. The summed E-state index contributed by atoms with van der Waals surface area (Å²) < 4.78 is 5.70. The maximum Gasteiger partial charge on any atom is 0.118 e. The van der Waals surface area contributed by atoms with Gasteiger partial charge in [-0.2, -0.15) is 0 Å². The van der Waals surface area contributed by atoms with Gasteiger partial charge >= 0.3 is 0 Å². The van der Waals surface area contributed by atoms with E-state index in [1.54, 1.807) is 0 Å². The summed E-state index contributed by atoms with van der Waals surface area (Å²) in [4.78, 5) is 0. The summed E-state index contributed by atoms with van der Waals surface area (Å²) in [6.07, 6.45) is 2.87. The number of ether oxygens (including phenoxy) is 1. The smallest absolute Gasteiger partial charge is 0.118 e. The molecule has 0 amide bonds. The van der Waals surface area contributed by atoms with E-state index < -0.39 is 0 Å². The van der Waals surface area contributed by atoms with Gasteiger partial charge in [0.15, 0.2) is 0 Å². The molecule has 0 aromatic heterocycles. The average molecular weight is 235 g/mol. The Bertz CT molecular complexity index is 335. The standard InChI is InChI=1S/C13H21NOSi/c1-3-12(14)13(4-2)16-10-15-11-8-6-5-7-9-11/h5-9H,3-4,10,14,16H2,1-2H3. The molecule has 88 valence electrons. The van der Waals surface area contributed by atoms with E-state index >= 15 is 0 Å². The van der Waals surface area contributed by atoms with E-state index in [9.17, 15) is 0 Å². The first-order chi connectivity index (χ1) is 7.77. The minimum absolute atomic E-state index is 0.345. The SMILES string of the molecule is CCC(N)=C(CC)[SiH2]COc1ccccc1. The summed E-state index contributed by atoms with van der Waals surface area (Å²) >= 11 is 0. The molecule has 1 aromatic rings. The van der Waals surface area contributed by atoms with Gasteiger partial charge < -0.3 is 10.5 Å². The molecule has 1 aromatic carbocycles. The second-order valence-corrected chi connectivity index (χ2v) is 5.51. The number of para-hydroxylation sites is 1. The van der Waals surface area contributed by atoms with Crippen LogP contribution < -0.4 is 10.5 Å². The summed E-state index contributed by atoms with van der Waals surface area (Å²) in [6.45, 7) is 4.28. The molecule has 0 spiro atoms. The Hall–Kier alpha value is -1.22. The lowest BCUT2D eigenvalue weighted by molar-refractivity contribution is 0.385. The molecular weight excluding hydrogens is 214 g/mol. The summed E-state index contributed by atoms with van der Waals surface area (Å²) in [7, 11) is -0.345. The molecule has 16 heavy (non-hydrogen) atoms. The van der Waals surface area contributed by atoms with Crippen LogP contribution in [-0.2, 0) is 0 Å². The van der Waals surface area contributed by atoms with Crippen molar-refractivity contribution in [1.29, 1.82) is 0 Å². The number of hydrogen-bond acceptors (Lipinski definition) is 2. The summed E-state index contributed by atoms with van der Waals surface area (Å²) in [6, 6.07) is 9.97. The highest BCUT2D eigenvalue weighted by Crippen LogP contribution is 2.10. The molecule has 2 N–H and O–H groups in total. The molecule has 2 nitrogen and oxygen atoms in total. The van der Waals surface area contributed by atoms with Crippen LogP contribution in [0.4, 0.5) is 0 Å². The second kappa shape index (κ2) is 7.12. The fourth-order valence-electron chi connectivity index (χ4n) is 1.62. The third-order valence-corrected chi connectivity index (χ3v) is 4.64. The maximum atomic E-state index is 5.97. The predicted octanol–water partition coefficient (Wildman–Crippen LogP) is 2.18. The Balaban J connectivity index is 2.40. The molecule has 1 rings (SSSR count). The van der Waals surface area contributed by atoms with E-state index in [2.05, 4.69) is 13.8 Å². The van der Waals surface area contributed by atoms with E-state index in [1.807, 2.05) is 30.3 Å². The third kappa shape index (κ3) is 4.11. The largest absolute Gasteiger partial charge is 0.497 e. The van der Waals surface area contributed by atoms with Gasteiger partial charge in [0.2, 0.25) is 0 Å². The molecule has 0 atom stereocenters. The van der Waals surface area contributed by atoms with Gasteiger partial charge in [-0.15, -0.1) is 0 Å². The number of nitrogens with two attached hydrogens (primary N) is 1. The van der Waals surface area contributed by atoms with Gasteiger partial charge in [0.25, 0.3) is 0 Å². The fourth-order valence-corrected chi connectivity index (χ4v) is 3.13. The first kappa shape index (κ1) is 12.8. The Morgan fingerprint density at radius 2 is 1.88 bits per heavy atom. The first-order valence-corrected chi connectivity index (χ1v) is 7.62. The number of benzene rings is 1. The number of rotatable bonds is 6. The molecule has 0 aliphatic rings. The summed E-state index contributed by atoms with van der Waals surface area (Å²) in [5.74, 6) is 0.959. The van der Waals surface area contributed by atoms with Crippen molar-refractivity contribution in [2.45, 2.75) is 26.7 Å². The van der Waals surface area contributed by atoms with Crippen molar-refractivity contribution < 1.29 is 4.74 Å². The summed E-state index contributed by atoms with van der Waals surface area (Å²) in [5, 5.41) is 1.46. The number of allylic oxidation sites excluding steroid dienone is 2. The zero-order chi connectivity index (χ0) is 11.8. The molecule has 0 aliphatic carbocycles. The minimum Gasteiger partial charge on any atom is -0.497 e. The normalized spacial score (nSPS) is 12.9. The Labute approximate surface area is 100 Å². The van der Waals surface area contributed by atoms with Crippen LogP contribution in [0.5, 0.6) is 5.75 Å². The van der Waals surface area contributed by atoms with Crippen molar-refractivity contribution in [2.75, 3.05) is 6.23 Å². The van der Waals surface area contributed by atoms with Crippen molar-refractivity contribution in [3.63, 3.8) is 0 Å². The van der Waals surface area contributed by atoms with Crippen molar-refractivity contribution in [1.82, 2.24) is 0 Å². The van der Waals surface area contributed by atoms with Crippen molar-refractivity contribution in [3.05, 3.63) is 41.2 Å². The van der Waals surface area contributed by atoms with Crippen LogP contribution in [-0.4, -0.2) is 15.7 Å². The molecule has 0 fully saturated rings. The van der Waals surface area contributed by atoms with Crippen molar-refractivity contribution >= 4 is 9.52 Å². The van der Waals surface area contributed by atoms with Crippen molar-refractivity contribution in [3.8, 4) is 5.75 Å². The van der Waals surface area contributed by atoms with Crippen LogP contribution >= 0.6 is 0 Å². The topological polar surface area (TPSA) is 35.2 Å². The van der Waals surface area contributed by atoms with Gasteiger partial charge in [0.1, 0.15) is 5.75 Å². The van der Waals surface area contributed by atoms with E-state index in [1.165, 1.54) is 5.20 Å². The molecular formula is C13H21NOSi. The highest BCUT2D eigenvalue weighted by molar-refractivity contribution is 6.45. The molecule has 3 heteroatoms. The van der Waals surface area contributed by atoms with E-state index in [0.717, 1.165) is 30.5 Å².